The second-order valence-electron chi connectivity index (χ2n) is 3.85. The van der Waals surface area contributed by atoms with Gasteiger partial charge in [0.15, 0.2) is 0 Å². The summed E-state index contributed by atoms with van der Waals surface area (Å²) in [7, 11) is 2.99. The molecule has 0 bridgehead atoms. The van der Waals surface area contributed by atoms with Crippen LogP contribution >= 0.6 is 24.0 Å². The van der Waals surface area contributed by atoms with Crippen LogP contribution in [0.1, 0.15) is 15.9 Å². The lowest BCUT2D eigenvalue weighted by Gasteiger charge is -2.03. The maximum atomic E-state index is 11.8. The van der Waals surface area contributed by atoms with Crippen LogP contribution in [0.2, 0.25) is 0 Å². The van der Waals surface area contributed by atoms with E-state index < -0.39 is 0 Å². The standard InChI is InChI=1S/C13H11NO3S2/c1-14-11(15)10(19-13(14)18)7-8-3-5-9(6-4-8)12(16)17-2/h3-7H,1-2H3/b10-7+. The van der Waals surface area contributed by atoms with Crippen LogP contribution in [0.5, 0.6) is 0 Å². The molecule has 0 atom stereocenters. The lowest BCUT2D eigenvalue weighted by Crippen LogP contribution is -2.22. The van der Waals surface area contributed by atoms with E-state index in [1.54, 1.807) is 37.4 Å². The Morgan fingerprint density at radius 1 is 1.37 bits per heavy atom. The van der Waals surface area contributed by atoms with Gasteiger partial charge in [0.25, 0.3) is 5.91 Å². The van der Waals surface area contributed by atoms with Crippen LogP contribution in [0.15, 0.2) is 29.2 Å². The number of likely N-dealkylation sites (N-methyl/N-ethyl adjacent to an activating group) is 1. The zero-order valence-electron chi connectivity index (χ0n) is 10.4. The fourth-order valence-electron chi connectivity index (χ4n) is 1.53. The number of nitrogens with zero attached hydrogens (tertiary/aromatic N) is 1. The zero-order chi connectivity index (χ0) is 14.0. The Bertz CT molecular complexity index is 578. The molecule has 1 amide bonds. The predicted octanol–water partition coefficient (Wildman–Crippen LogP) is 2.30. The minimum absolute atomic E-state index is 0.105. The molecule has 98 valence electrons. The van der Waals surface area contributed by atoms with Gasteiger partial charge in [-0.05, 0) is 23.8 Å². The minimum atomic E-state index is -0.383. The van der Waals surface area contributed by atoms with E-state index in [1.165, 1.54) is 23.8 Å². The van der Waals surface area contributed by atoms with Crippen LogP contribution in [0, 0.1) is 0 Å². The minimum Gasteiger partial charge on any atom is -0.465 e. The third-order valence-electron chi connectivity index (χ3n) is 2.62. The normalized spacial score (nSPS) is 17.2. The Morgan fingerprint density at radius 2 is 2.00 bits per heavy atom. The van der Waals surface area contributed by atoms with Crippen molar-refractivity contribution in [3.05, 3.63) is 40.3 Å². The molecule has 1 aliphatic rings. The highest BCUT2D eigenvalue weighted by Gasteiger charge is 2.28. The largest absolute Gasteiger partial charge is 0.465 e. The molecule has 0 N–H and O–H groups in total. The van der Waals surface area contributed by atoms with Crippen molar-refractivity contribution in [2.24, 2.45) is 0 Å². The lowest BCUT2D eigenvalue weighted by atomic mass is 10.1. The molecule has 0 aromatic heterocycles. The molecule has 0 aliphatic carbocycles. The summed E-state index contributed by atoms with van der Waals surface area (Å²) in [6.07, 6.45) is 1.75. The Kier molecular flexibility index (Phi) is 4.01. The van der Waals surface area contributed by atoms with Crippen LogP contribution in [0.25, 0.3) is 6.08 Å². The van der Waals surface area contributed by atoms with Crippen molar-refractivity contribution < 1.29 is 14.3 Å². The summed E-state index contributed by atoms with van der Waals surface area (Å²) in [5, 5.41) is 0. The van der Waals surface area contributed by atoms with Crippen LogP contribution in [0.3, 0.4) is 0 Å². The number of carbonyl (C=O) groups is 2. The Morgan fingerprint density at radius 3 is 2.47 bits per heavy atom. The monoisotopic (exact) mass is 293 g/mol. The highest BCUT2D eigenvalue weighted by atomic mass is 32.2. The molecule has 1 saturated heterocycles. The number of methoxy groups -OCH3 is 1. The number of benzene rings is 1. The molecule has 0 saturated carbocycles. The smallest absolute Gasteiger partial charge is 0.337 e. The third kappa shape index (κ3) is 2.85. The molecule has 19 heavy (non-hydrogen) atoms. The van der Waals surface area contributed by atoms with Gasteiger partial charge in [-0.1, -0.05) is 36.1 Å². The van der Waals surface area contributed by atoms with Gasteiger partial charge in [-0.2, -0.15) is 0 Å². The van der Waals surface area contributed by atoms with Gasteiger partial charge in [-0.15, -0.1) is 0 Å². The molecule has 1 aromatic carbocycles. The molecular formula is C13H11NO3S2. The van der Waals surface area contributed by atoms with Crippen molar-refractivity contribution in [3.63, 3.8) is 0 Å². The first-order chi connectivity index (χ1) is 9.02. The first-order valence-corrected chi connectivity index (χ1v) is 6.65. The van der Waals surface area contributed by atoms with Crippen molar-refractivity contribution >= 4 is 46.3 Å². The molecular weight excluding hydrogens is 282 g/mol. The third-order valence-corrected chi connectivity index (χ3v) is 4.10. The fourth-order valence-corrected chi connectivity index (χ4v) is 2.71. The molecule has 2 rings (SSSR count). The Balaban J connectivity index is 2.23. The number of carbonyl (C=O) groups excluding carboxylic acids is 2. The topological polar surface area (TPSA) is 46.6 Å². The van der Waals surface area contributed by atoms with Gasteiger partial charge in [-0.25, -0.2) is 4.79 Å². The molecule has 1 fully saturated rings. The molecule has 0 radical (unpaired) electrons. The Hall–Kier alpha value is -1.66. The zero-order valence-corrected chi connectivity index (χ0v) is 12.0. The van der Waals surface area contributed by atoms with Crippen LogP contribution in [0.4, 0.5) is 0 Å². The van der Waals surface area contributed by atoms with Gasteiger partial charge in [0, 0.05) is 7.05 Å². The van der Waals surface area contributed by atoms with E-state index in [9.17, 15) is 9.59 Å². The van der Waals surface area contributed by atoms with E-state index in [4.69, 9.17) is 12.2 Å². The number of thiocarbonyl (C=S) groups is 1. The molecule has 1 aliphatic heterocycles. The van der Waals surface area contributed by atoms with Crippen molar-refractivity contribution in [2.75, 3.05) is 14.2 Å². The van der Waals surface area contributed by atoms with E-state index in [-0.39, 0.29) is 11.9 Å². The van der Waals surface area contributed by atoms with E-state index >= 15 is 0 Å². The number of ether oxygens (including phenoxy) is 1. The number of amides is 1. The van der Waals surface area contributed by atoms with Gasteiger partial charge in [0.1, 0.15) is 4.32 Å². The number of thioether (sulfide) groups is 1. The summed E-state index contributed by atoms with van der Waals surface area (Å²) in [4.78, 5) is 25.1. The van der Waals surface area contributed by atoms with E-state index in [0.717, 1.165) is 5.56 Å². The Labute approximate surface area is 120 Å². The van der Waals surface area contributed by atoms with Crippen LogP contribution in [-0.4, -0.2) is 35.3 Å². The quantitative estimate of drug-likeness (QED) is 0.476. The van der Waals surface area contributed by atoms with Gasteiger partial charge < -0.3 is 4.74 Å². The summed E-state index contributed by atoms with van der Waals surface area (Å²) in [6, 6.07) is 6.83. The first-order valence-electron chi connectivity index (χ1n) is 5.43. The molecule has 4 nitrogen and oxygen atoms in total. The van der Waals surface area contributed by atoms with Crippen molar-refractivity contribution in [1.29, 1.82) is 0 Å². The summed E-state index contributed by atoms with van der Waals surface area (Å²) >= 11 is 6.32. The average Bonchev–Trinajstić information content (AvgIpc) is 2.66. The highest BCUT2D eigenvalue weighted by Crippen LogP contribution is 2.31. The average molecular weight is 293 g/mol. The number of esters is 1. The van der Waals surface area contributed by atoms with Crippen LogP contribution in [-0.2, 0) is 9.53 Å². The second kappa shape index (κ2) is 5.54. The number of rotatable bonds is 2. The van der Waals surface area contributed by atoms with E-state index in [2.05, 4.69) is 4.74 Å². The maximum Gasteiger partial charge on any atom is 0.337 e. The first kappa shape index (κ1) is 13.8. The maximum absolute atomic E-state index is 11.8. The van der Waals surface area contributed by atoms with Gasteiger partial charge in [0.05, 0.1) is 17.6 Å². The van der Waals surface area contributed by atoms with E-state index in [0.29, 0.717) is 14.8 Å². The molecule has 6 heteroatoms. The van der Waals surface area contributed by atoms with Crippen molar-refractivity contribution in [2.45, 2.75) is 0 Å². The second-order valence-corrected chi connectivity index (χ2v) is 5.53. The lowest BCUT2D eigenvalue weighted by molar-refractivity contribution is -0.121. The summed E-state index contributed by atoms with van der Waals surface area (Å²) in [5.74, 6) is -0.488. The number of hydrogen-bond acceptors (Lipinski definition) is 5. The summed E-state index contributed by atoms with van der Waals surface area (Å²) in [5.41, 5.74) is 1.31. The highest BCUT2D eigenvalue weighted by molar-refractivity contribution is 8.26. The summed E-state index contributed by atoms with van der Waals surface area (Å²) in [6.45, 7) is 0. The summed E-state index contributed by atoms with van der Waals surface area (Å²) < 4.78 is 5.16. The number of hydrogen-bond donors (Lipinski definition) is 0. The van der Waals surface area contributed by atoms with Gasteiger partial charge >= 0.3 is 5.97 Å². The predicted molar refractivity (Wildman–Crippen MR) is 78.7 cm³/mol. The molecule has 1 heterocycles. The fraction of sp³-hybridized carbons (Fsp3) is 0.154. The van der Waals surface area contributed by atoms with Gasteiger partial charge in [0.2, 0.25) is 0 Å². The molecule has 0 spiro atoms. The molecule has 1 aromatic rings. The van der Waals surface area contributed by atoms with E-state index in [1.807, 2.05) is 0 Å². The van der Waals surface area contributed by atoms with Crippen molar-refractivity contribution in [1.82, 2.24) is 4.90 Å². The van der Waals surface area contributed by atoms with Crippen LogP contribution < -0.4 is 0 Å². The van der Waals surface area contributed by atoms with Gasteiger partial charge in [-0.3, -0.25) is 9.69 Å². The van der Waals surface area contributed by atoms with Crippen molar-refractivity contribution in [3.8, 4) is 0 Å². The SMILES string of the molecule is COC(=O)c1ccc(/C=C2/SC(=S)N(C)C2=O)cc1. The molecule has 0 unspecified atom stereocenters.